The van der Waals surface area contributed by atoms with E-state index in [1.165, 1.54) is 12.1 Å². The van der Waals surface area contributed by atoms with Crippen molar-refractivity contribution in [2.24, 2.45) is 0 Å². The molecule has 0 atom stereocenters. The number of amides is 1. The predicted octanol–water partition coefficient (Wildman–Crippen LogP) is 5.07. The molecule has 0 saturated carbocycles. The van der Waals surface area contributed by atoms with E-state index < -0.39 is 10.9 Å². The number of anilines is 1. The molecule has 3 rings (SSSR count). The van der Waals surface area contributed by atoms with Crippen LogP contribution >= 0.6 is 11.3 Å². The number of benzene rings is 2. The van der Waals surface area contributed by atoms with Crippen LogP contribution < -0.4 is 5.32 Å². The standard InChI is InChI=1S/C22H20N2O5S/c1-2-29-22(26)21-18(23-20(25)12-11-15-7-4-3-5-8-15)14-19(30-21)16-9-6-10-17(13-16)24(27)28/h3-10,13-14H,2,11-12H2,1H3,(H,23,25). The van der Waals surface area contributed by atoms with Crippen LogP contribution in [-0.2, 0) is 16.0 Å². The summed E-state index contributed by atoms with van der Waals surface area (Å²) in [5.74, 6) is -0.773. The highest BCUT2D eigenvalue weighted by atomic mass is 32.1. The molecule has 2 aromatic carbocycles. The van der Waals surface area contributed by atoms with Gasteiger partial charge in [-0.1, -0.05) is 42.5 Å². The number of rotatable bonds is 8. The van der Waals surface area contributed by atoms with E-state index in [4.69, 9.17) is 4.74 Å². The molecule has 0 radical (unpaired) electrons. The molecule has 0 unspecified atom stereocenters. The Morgan fingerprint density at radius 1 is 1.10 bits per heavy atom. The maximum Gasteiger partial charge on any atom is 0.350 e. The van der Waals surface area contributed by atoms with Crippen LogP contribution in [-0.4, -0.2) is 23.4 Å². The number of hydrogen-bond donors (Lipinski definition) is 1. The SMILES string of the molecule is CCOC(=O)c1sc(-c2cccc([N+](=O)[O-])c2)cc1NC(=O)CCc1ccccc1. The Morgan fingerprint density at radius 2 is 1.87 bits per heavy atom. The van der Waals surface area contributed by atoms with Crippen LogP contribution in [0.1, 0.15) is 28.6 Å². The Hall–Kier alpha value is -3.52. The number of thiophene rings is 1. The molecule has 1 amide bonds. The molecular formula is C22H20N2O5S. The number of ether oxygens (including phenoxy) is 1. The lowest BCUT2D eigenvalue weighted by Gasteiger charge is -2.06. The first-order valence-electron chi connectivity index (χ1n) is 9.37. The summed E-state index contributed by atoms with van der Waals surface area (Å²) >= 11 is 1.13. The fourth-order valence-electron chi connectivity index (χ4n) is 2.86. The number of hydrogen-bond acceptors (Lipinski definition) is 6. The van der Waals surface area contributed by atoms with Gasteiger partial charge in [0.25, 0.3) is 5.69 Å². The summed E-state index contributed by atoms with van der Waals surface area (Å²) in [5.41, 5.74) is 1.93. The monoisotopic (exact) mass is 424 g/mol. The lowest BCUT2D eigenvalue weighted by Crippen LogP contribution is -2.14. The molecule has 1 N–H and O–H groups in total. The maximum absolute atomic E-state index is 12.5. The number of carbonyl (C=O) groups is 2. The van der Waals surface area contributed by atoms with E-state index in [9.17, 15) is 19.7 Å². The zero-order chi connectivity index (χ0) is 21.5. The minimum Gasteiger partial charge on any atom is -0.462 e. The summed E-state index contributed by atoms with van der Waals surface area (Å²) in [7, 11) is 0. The summed E-state index contributed by atoms with van der Waals surface area (Å²) in [6, 6.07) is 17.4. The molecule has 0 aliphatic carbocycles. The van der Waals surface area contributed by atoms with Gasteiger partial charge in [0.15, 0.2) is 0 Å². The van der Waals surface area contributed by atoms with E-state index >= 15 is 0 Å². The van der Waals surface area contributed by atoms with Crippen LogP contribution in [0.5, 0.6) is 0 Å². The van der Waals surface area contributed by atoms with Crippen molar-refractivity contribution in [2.45, 2.75) is 19.8 Å². The summed E-state index contributed by atoms with van der Waals surface area (Å²) in [6.07, 6.45) is 0.831. The third kappa shape index (κ3) is 5.30. The Morgan fingerprint density at radius 3 is 2.57 bits per heavy atom. The van der Waals surface area contributed by atoms with Crippen LogP contribution in [0.25, 0.3) is 10.4 Å². The van der Waals surface area contributed by atoms with Gasteiger partial charge >= 0.3 is 5.97 Å². The van der Waals surface area contributed by atoms with Gasteiger partial charge in [-0.15, -0.1) is 11.3 Å². The van der Waals surface area contributed by atoms with Crippen LogP contribution in [0.15, 0.2) is 60.7 Å². The van der Waals surface area contributed by atoms with Gasteiger partial charge in [0.05, 0.1) is 17.2 Å². The smallest absolute Gasteiger partial charge is 0.350 e. The maximum atomic E-state index is 12.5. The van der Waals surface area contributed by atoms with Gasteiger partial charge in [-0.05, 0) is 30.5 Å². The van der Waals surface area contributed by atoms with E-state index in [1.807, 2.05) is 30.3 Å². The van der Waals surface area contributed by atoms with Gasteiger partial charge in [-0.2, -0.15) is 0 Å². The Bertz CT molecular complexity index is 1060. The molecule has 154 valence electrons. The van der Waals surface area contributed by atoms with Crippen molar-refractivity contribution in [1.82, 2.24) is 0 Å². The molecule has 1 aromatic heterocycles. The second-order valence-electron chi connectivity index (χ2n) is 6.42. The molecule has 0 bridgehead atoms. The van der Waals surface area contributed by atoms with Crippen molar-refractivity contribution in [3.05, 3.63) is 81.2 Å². The first-order chi connectivity index (χ1) is 14.5. The first-order valence-corrected chi connectivity index (χ1v) is 10.2. The van der Waals surface area contributed by atoms with Crippen LogP contribution in [0.2, 0.25) is 0 Å². The molecule has 0 spiro atoms. The van der Waals surface area contributed by atoms with Crippen molar-refractivity contribution in [2.75, 3.05) is 11.9 Å². The van der Waals surface area contributed by atoms with Gasteiger partial charge in [0, 0.05) is 23.4 Å². The average Bonchev–Trinajstić information content (AvgIpc) is 3.17. The van der Waals surface area contributed by atoms with E-state index in [0.717, 1.165) is 16.9 Å². The number of nitro groups is 1. The second kappa shape index (κ2) is 9.80. The Balaban J connectivity index is 1.83. The summed E-state index contributed by atoms with van der Waals surface area (Å²) < 4.78 is 5.10. The minimum atomic E-state index is -0.544. The van der Waals surface area contributed by atoms with Gasteiger partial charge < -0.3 is 10.1 Å². The predicted molar refractivity (Wildman–Crippen MR) is 116 cm³/mol. The molecular weight excluding hydrogens is 404 g/mol. The number of nitrogens with zero attached hydrogens (tertiary/aromatic N) is 1. The minimum absolute atomic E-state index is 0.0490. The highest BCUT2D eigenvalue weighted by molar-refractivity contribution is 7.18. The van der Waals surface area contributed by atoms with Crippen LogP contribution in [0.4, 0.5) is 11.4 Å². The third-order valence-corrected chi connectivity index (χ3v) is 5.46. The quantitative estimate of drug-likeness (QED) is 0.309. The molecule has 1 heterocycles. The van der Waals surface area contributed by atoms with E-state index in [0.29, 0.717) is 22.5 Å². The molecule has 7 nitrogen and oxygen atoms in total. The van der Waals surface area contributed by atoms with E-state index in [-0.39, 0.29) is 29.5 Å². The van der Waals surface area contributed by atoms with Crippen molar-refractivity contribution < 1.29 is 19.2 Å². The molecule has 0 fully saturated rings. The lowest BCUT2D eigenvalue weighted by molar-refractivity contribution is -0.384. The summed E-state index contributed by atoms with van der Waals surface area (Å²) in [6.45, 7) is 1.90. The molecule has 0 aliphatic rings. The highest BCUT2D eigenvalue weighted by Crippen LogP contribution is 2.36. The number of esters is 1. The van der Waals surface area contributed by atoms with Gasteiger partial charge in [0.1, 0.15) is 4.88 Å². The second-order valence-corrected chi connectivity index (χ2v) is 7.47. The number of non-ortho nitro benzene ring substituents is 1. The van der Waals surface area contributed by atoms with Crippen molar-refractivity contribution in [3.63, 3.8) is 0 Å². The summed E-state index contributed by atoms with van der Waals surface area (Å²) in [5, 5.41) is 13.8. The van der Waals surface area contributed by atoms with Gasteiger partial charge in [0.2, 0.25) is 5.91 Å². The van der Waals surface area contributed by atoms with E-state index in [2.05, 4.69) is 5.32 Å². The largest absolute Gasteiger partial charge is 0.462 e. The van der Waals surface area contributed by atoms with Crippen molar-refractivity contribution in [1.29, 1.82) is 0 Å². The normalized spacial score (nSPS) is 10.4. The van der Waals surface area contributed by atoms with Gasteiger partial charge in [-0.3, -0.25) is 14.9 Å². The lowest BCUT2D eigenvalue weighted by atomic mass is 10.1. The topological polar surface area (TPSA) is 98.5 Å². The number of aryl methyl sites for hydroxylation is 1. The van der Waals surface area contributed by atoms with Crippen LogP contribution in [0, 0.1) is 10.1 Å². The molecule has 3 aromatic rings. The molecule has 0 aliphatic heterocycles. The van der Waals surface area contributed by atoms with E-state index in [1.54, 1.807) is 25.1 Å². The van der Waals surface area contributed by atoms with Gasteiger partial charge in [-0.25, -0.2) is 4.79 Å². The fraction of sp³-hybridized carbons (Fsp3) is 0.182. The number of nitro benzene ring substituents is 1. The van der Waals surface area contributed by atoms with Crippen LogP contribution in [0.3, 0.4) is 0 Å². The zero-order valence-corrected chi connectivity index (χ0v) is 17.1. The number of carbonyl (C=O) groups excluding carboxylic acids is 2. The fourth-order valence-corrected chi connectivity index (χ4v) is 3.87. The Labute approximate surface area is 177 Å². The molecule has 0 saturated heterocycles. The molecule has 8 heteroatoms. The summed E-state index contributed by atoms with van der Waals surface area (Å²) in [4.78, 5) is 36.3. The van der Waals surface area contributed by atoms with Crippen molar-refractivity contribution in [3.8, 4) is 10.4 Å². The zero-order valence-electron chi connectivity index (χ0n) is 16.3. The Kier molecular flexibility index (Phi) is 6.92. The average molecular weight is 424 g/mol. The van der Waals surface area contributed by atoms with Crippen molar-refractivity contribution >= 4 is 34.6 Å². The number of nitrogens with one attached hydrogen (secondary N) is 1. The molecule has 30 heavy (non-hydrogen) atoms. The first kappa shape index (κ1) is 21.2. The highest BCUT2D eigenvalue weighted by Gasteiger charge is 2.20. The third-order valence-electron chi connectivity index (χ3n) is 4.29.